The highest BCUT2D eigenvalue weighted by molar-refractivity contribution is 7.99. The van der Waals surface area contributed by atoms with Crippen molar-refractivity contribution in [3.8, 4) is 22.9 Å². The minimum Gasteiger partial charge on any atom is -0.370 e. The van der Waals surface area contributed by atoms with Crippen molar-refractivity contribution in [3.05, 3.63) is 60.8 Å². The number of anilines is 1. The Labute approximate surface area is 177 Å². The summed E-state index contributed by atoms with van der Waals surface area (Å²) in [6, 6.07) is 18.5. The lowest BCUT2D eigenvalue weighted by Crippen LogP contribution is -2.32. The Balaban J connectivity index is 1.36. The van der Waals surface area contributed by atoms with Crippen LogP contribution in [0.1, 0.15) is 0 Å². The Kier molecular flexibility index (Phi) is 4.19. The smallest absolute Gasteiger partial charge is 0.157 e. The number of benzene rings is 2. The second-order valence-corrected chi connectivity index (χ2v) is 8.64. The van der Waals surface area contributed by atoms with Gasteiger partial charge in [-0.3, -0.25) is 4.98 Å². The van der Waals surface area contributed by atoms with Crippen molar-refractivity contribution in [1.82, 2.24) is 24.9 Å². The fourth-order valence-electron chi connectivity index (χ4n) is 3.93. The lowest BCUT2D eigenvalue weighted by molar-refractivity contribution is 0.859. The molecule has 3 aromatic heterocycles. The van der Waals surface area contributed by atoms with E-state index in [1.165, 1.54) is 17.2 Å². The molecule has 0 saturated carbocycles. The largest absolute Gasteiger partial charge is 0.370 e. The average Bonchev–Trinajstić information content (AvgIpc) is 3.43. The van der Waals surface area contributed by atoms with Crippen LogP contribution in [0.5, 0.6) is 0 Å². The number of imidazole rings is 2. The minimum absolute atomic E-state index is 0.775. The summed E-state index contributed by atoms with van der Waals surface area (Å²) in [6.07, 6.45) is 1.78. The van der Waals surface area contributed by atoms with Crippen molar-refractivity contribution in [2.24, 2.45) is 0 Å². The van der Waals surface area contributed by atoms with E-state index >= 15 is 0 Å². The molecule has 0 atom stereocenters. The van der Waals surface area contributed by atoms with E-state index in [2.05, 4.69) is 55.2 Å². The molecular weight excluding hydrogens is 392 g/mol. The van der Waals surface area contributed by atoms with Gasteiger partial charge in [0.15, 0.2) is 5.82 Å². The van der Waals surface area contributed by atoms with Crippen LogP contribution in [-0.4, -0.2) is 49.5 Å². The molecule has 0 unspecified atom stereocenters. The average molecular weight is 413 g/mol. The predicted molar refractivity (Wildman–Crippen MR) is 124 cm³/mol. The highest BCUT2D eigenvalue weighted by atomic mass is 32.2. The van der Waals surface area contributed by atoms with Gasteiger partial charge in [-0.1, -0.05) is 6.07 Å². The molecule has 30 heavy (non-hydrogen) atoms. The number of rotatable bonds is 3. The van der Waals surface area contributed by atoms with E-state index in [0.29, 0.717) is 0 Å². The van der Waals surface area contributed by atoms with Crippen molar-refractivity contribution in [1.29, 1.82) is 0 Å². The summed E-state index contributed by atoms with van der Waals surface area (Å²) >= 11 is 2.03. The number of aromatic nitrogens is 5. The first kappa shape index (κ1) is 17.5. The molecule has 1 aliphatic heterocycles. The van der Waals surface area contributed by atoms with Gasteiger partial charge < -0.3 is 14.9 Å². The predicted octanol–water partition coefficient (Wildman–Crippen LogP) is 4.72. The molecule has 6 rings (SSSR count). The van der Waals surface area contributed by atoms with E-state index in [4.69, 9.17) is 4.98 Å². The zero-order chi connectivity index (χ0) is 19.9. The normalized spacial score (nSPS) is 14.6. The van der Waals surface area contributed by atoms with Gasteiger partial charge in [0.05, 0.1) is 22.1 Å². The fraction of sp³-hybridized carbons (Fsp3) is 0.174. The maximum atomic E-state index is 4.82. The van der Waals surface area contributed by atoms with E-state index < -0.39 is 0 Å². The Morgan fingerprint density at radius 2 is 1.57 bits per heavy atom. The number of H-pyrrole nitrogens is 2. The van der Waals surface area contributed by atoms with Crippen LogP contribution in [0.15, 0.2) is 60.8 Å². The Hall–Kier alpha value is -3.32. The van der Waals surface area contributed by atoms with Crippen LogP contribution in [0.4, 0.5) is 5.69 Å². The van der Waals surface area contributed by atoms with Gasteiger partial charge in [0.25, 0.3) is 0 Å². The van der Waals surface area contributed by atoms with Gasteiger partial charge in [0.2, 0.25) is 0 Å². The van der Waals surface area contributed by atoms with Crippen molar-refractivity contribution in [2.45, 2.75) is 0 Å². The summed E-state index contributed by atoms with van der Waals surface area (Å²) < 4.78 is 0. The molecule has 0 radical (unpaired) electrons. The molecule has 0 amide bonds. The quantitative estimate of drug-likeness (QED) is 0.448. The molecule has 1 fully saturated rings. The summed E-state index contributed by atoms with van der Waals surface area (Å²) in [7, 11) is 0. The molecule has 1 aliphatic rings. The summed E-state index contributed by atoms with van der Waals surface area (Å²) in [5.74, 6) is 4.03. The number of aromatic amines is 2. The molecule has 7 heteroatoms. The van der Waals surface area contributed by atoms with Gasteiger partial charge in [-0.05, 0) is 48.5 Å². The first-order chi connectivity index (χ1) is 14.8. The Morgan fingerprint density at radius 1 is 0.800 bits per heavy atom. The summed E-state index contributed by atoms with van der Waals surface area (Å²) in [6.45, 7) is 2.21. The second-order valence-electron chi connectivity index (χ2n) is 7.42. The first-order valence-electron chi connectivity index (χ1n) is 10.1. The SMILES string of the molecule is c1ccc(-c2nc3ccc(-c4nc5ccc(N6CCSCC6)cc5[nH]4)cc3[nH]2)nc1. The van der Waals surface area contributed by atoms with Crippen LogP contribution in [0, 0.1) is 0 Å². The van der Waals surface area contributed by atoms with E-state index in [0.717, 1.165) is 58.1 Å². The molecule has 4 heterocycles. The molecule has 5 aromatic rings. The van der Waals surface area contributed by atoms with Crippen LogP contribution in [0.25, 0.3) is 45.0 Å². The van der Waals surface area contributed by atoms with Crippen LogP contribution in [0.2, 0.25) is 0 Å². The number of hydrogen-bond donors (Lipinski definition) is 2. The molecule has 0 aliphatic carbocycles. The fourth-order valence-corrected chi connectivity index (χ4v) is 4.84. The van der Waals surface area contributed by atoms with E-state index in [1.54, 1.807) is 6.20 Å². The van der Waals surface area contributed by atoms with Crippen LogP contribution >= 0.6 is 11.8 Å². The van der Waals surface area contributed by atoms with Crippen LogP contribution in [-0.2, 0) is 0 Å². The highest BCUT2D eigenvalue weighted by Gasteiger charge is 2.14. The van der Waals surface area contributed by atoms with E-state index in [-0.39, 0.29) is 0 Å². The number of fused-ring (bicyclic) bond motifs is 2. The lowest BCUT2D eigenvalue weighted by Gasteiger charge is -2.28. The number of nitrogens with one attached hydrogen (secondary N) is 2. The van der Waals surface area contributed by atoms with E-state index in [9.17, 15) is 0 Å². The van der Waals surface area contributed by atoms with Crippen molar-refractivity contribution in [3.63, 3.8) is 0 Å². The van der Waals surface area contributed by atoms with Crippen molar-refractivity contribution >= 4 is 39.5 Å². The lowest BCUT2D eigenvalue weighted by atomic mass is 10.2. The van der Waals surface area contributed by atoms with Crippen molar-refractivity contribution < 1.29 is 0 Å². The standard InChI is InChI=1S/C23H20N6S/c1-2-8-24-19(3-1)23-26-17-6-4-15(13-20(17)28-23)22-25-18-7-5-16(14-21(18)27-22)29-9-11-30-12-10-29/h1-8,13-14H,9-12H2,(H,25,27)(H,26,28). The number of pyridine rings is 1. The monoisotopic (exact) mass is 412 g/mol. The zero-order valence-corrected chi connectivity index (χ0v) is 17.1. The molecule has 148 valence electrons. The summed E-state index contributed by atoms with van der Waals surface area (Å²) in [4.78, 5) is 23.2. The summed E-state index contributed by atoms with van der Waals surface area (Å²) in [5.41, 5.74) is 7.08. The van der Waals surface area contributed by atoms with Gasteiger partial charge >= 0.3 is 0 Å². The Morgan fingerprint density at radius 3 is 2.40 bits per heavy atom. The van der Waals surface area contributed by atoms with Crippen LogP contribution < -0.4 is 4.90 Å². The highest BCUT2D eigenvalue weighted by Crippen LogP contribution is 2.28. The molecule has 0 bridgehead atoms. The molecule has 2 N–H and O–H groups in total. The maximum absolute atomic E-state index is 4.82. The summed E-state index contributed by atoms with van der Waals surface area (Å²) in [5, 5.41) is 0. The van der Waals surface area contributed by atoms with Gasteiger partial charge in [-0.25, -0.2) is 9.97 Å². The third-order valence-corrected chi connectivity index (χ3v) is 6.45. The van der Waals surface area contributed by atoms with Crippen molar-refractivity contribution in [2.75, 3.05) is 29.5 Å². The molecule has 0 spiro atoms. The first-order valence-corrected chi connectivity index (χ1v) is 11.2. The zero-order valence-electron chi connectivity index (χ0n) is 16.3. The molecule has 6 nitrogen and oxygen atoms in total. The second kappa shape index (κ2) is 7.18. The van der Waals surface area contributed by atoms with E-state index in [1.807, 2.05) is 36.0 Å². The maximum Gasteiger partial charge on any atom is 0.157 e. The molecular formula is C23H20N6S. The third kappa shape index (κ3) is 3.11. The van der Waals surface area contributed by atoms with Gasteiger partial charge in [0.1, 0.15) is 11.5 Å². The van der Waals surface area contributed by atoms with Gasteiger partial charge in [-0.15, -0.1) is 0 Å². The molecule has 1 saturated heterocycles. The number of nitrogens with zero attached hydrogens (tertiary/aromatic N) is 4. The third-order valence-electron chi connectivity index (χ3n) is 5.50. The minimum atomic E-state index is 0.775. The van der Waals surface area contributed by atoms with Crippen LogP contribution in [0.3, 0.4) is 0 Å². The van der Waals surface area contributed by atoms with Gasteiger partial charge in [0, 0.05) is 42.0 Å². The topological polar surface area (TPSA) is 73.5 Å². The molecule has 2 aromatic carbocycles. The number of thioether (sulfide) groups is 1. The Bertz CT molecular complexity index is 1330. The number of hydrogen-bond acceptors (Lipinski definition) is 5. The van der Waals surface area contributed by atoms with Gasteiger partial charge in [-0.2, -0.15) is 11.8 Å².